The lowest BCUT2D eigenvalue weighted by Gasteiger charge is -2.13. The molecule has 94 valence electrons. The lowest BCUT2D eigenvalue weighted by atomic mass is 9.97. The smallest absolute Gasteiger partial charge is 0.00699 e. The highest BCUT2D eigenvalue weighted by molar-refractivity contribution is 5.21. The van der Waals surface area contributed by atoms with Crippen LogP contribution in [-0.2, 0) is 6.42 Å². The number of aryl methyl sites for hydroxylation is 1. The topological polar surface area (TPSA) is 12.0 Å². The Balaban J connectivity index is 1.79. The Morgan fingerprint density at radius 3 is 2.65 bits per heavy atom. The monoisotopic (exact) mass is 231 g/mol. The maximum Gasteiger partial charge on any atom is 0.00699 e. The SMILES string of the molecule is CCCNC1CCC(Cc2ccc(C)cc2)C1. The lowest BCUT2D eigenvalue weighted by Crippen LogP contribution is -2.27. The molecule has 1 aromatic carbocycles. The third-order valence-corrected chi connectivity index (χ3v) is 3.87. The van der Waals surface area contributed by atoms with Gasteiger partial charge in [0, 0.05) is 6.04 Å². The first-order valence-electron chi connectivity index (χ1n) is 7.07. The van der Waals surface area contributed by atoms with Crippen LogP contribution in [0.25, 0.3) is 0 Å². The maximum atomic E-state index is 3.66. The van der Waals surface area contributed by atoms with E-state index in [1.54, 1.807) is 0 Å². The van der Waals surface area contributed by atoms with E-state index in [0.29, 0.717) is 0 Å². The number of rotatable bonds is 5. The fourth-order valence-corrected chi connectivity index (χ4v) is 2.85. The summed E-state index contributed by atoms with van der Waals surface area (Å²) in [6.45, 7) is 5.58. The predicted molar refractivity (Wildman–Crippen MR) is 74.3 cm³/mol. The molecular weight excluding hydrogens is 206 g/mol. The van der Waals surface area contributed by atoms with Gasteiger partial charge >= 0.3 is 0 Å². The van der Waals surface area contributed by atoms with Gasteiger partial charge in [0.1, 0.15) is 0 Å². The van der Waals surface area contributed by atoms with E-state index in [2.05, 4.69) is 43.4 Å². The molecule has 0 bridgehead atoms. The summed E-state index contributed by atoms with van der Waals surface area (Å²) < 4.78 is 0. The average molecular weight is 231 g/mol. The number of hydrogen-bond acceptors (Lipinski definition) is 1. The molecule has 0 heterocycles. The van der Waals surface area contributed by atoms with Crippen molar-refractivity contribution in [1.29, 1.82) is 0 Å². The molecule has 0 radical (unpaired) electrons. The summed E-state index contributed by atoms with van der Waals surface area (Å²) in [6.07, 6.45) is 6.66. The van der Waals surface area contributed by atoms with Crippen molar-refractivity contribution >= 4 is 0 Å². The van der Waals surface area contributed by atoms with Crippen molar-refractivity contribution in [3.05, 3.63) is 35.4 Å². The highest BCUT2D eigenvalue weighted by atomic mass is 14.9. The summed E-state index contributed by atoms with van der Waals surface area (Å²) in [5.74, 6) is 0.895. The van der Waals surface area contributed by atoms with Crippen molar-refractivity contribution in [2.75, 3.05) is 6.54 Å². The number of hydrogen-bond donors (Lipinski definition) is 1. The second kappa shape index (κ2) is 6.20. The Morgan fingerprint density at radius 1 is 1.18 bits per heavy atom. The molecule has 1 N–H and O–H groups in total. The van der Waals surface area contributed by atoms with Crippen molar-refractivity contribution in [3.8, 4) is 0 Å². The summed E-state index contributed by atoms with van der Waals surface area (Å²) in [7, 11) is 0. The van der Waals surface area contributed by atoms with Crippen LogP contribution in [0.1, 0.15) is 43.7 Å². The van der Waals surface area contributed by atoms with E-state index in [9.17, 15) is 0 Å². The van der Waals surface area contributed by atoms with Crippen LogP contribution >= 0.6 is 0 Å². The zero-order valence-corrected chi connectivity index (χ0v) is 11.2. The summed E-state index contributed by atoms with van der Waals surface area (Å²) in [4.78, 5) is 0. The third-order valence-electron chi connectivity index (χ3n) is 3.87. The maximum absolute atomic E-state index is 3.66. The fraction of sp³-hybridized carbons (Fsp3) is 0.625. The second-order valence-electron chi connectivity index (χ2n) is 5.52. The normalized spacial score (nSPS) is 24.1. The molecule has 0 spiro atoms. The standard InChI is InChI=1S/C16H25N/c1-3-10-17-16-9-8-15(12-16)11-14-6-4-13(2)5-7-14/h4-7,15-17H,3,8-12H2,1-2H3. The lowest BCUT2D eigenvalue weighted by molar-refractivity contribution is 0.484. The van der Waals surface area contributed by atoms with Crippen molar-refractivity contribution in [2.24, 2.45) is 5.92 Å². The van der Waals surface area contributed by atoms with Crippen LogP contribution in [-0.4, -0.2) is 12.6 Å². The Morgan fingerprint density at radius 2 is 1.94 bits per heavy atom. The number of benzene rings is 1. The van der Waals surface area contributed by atoms with Crippen LogP contribution in [0.2, 0.25) is 0 Å². The molecule has 2 atom stereocenters. The van der Waals surface area contributed by atoms with Gasteiger partial charge in [-0.15, -0.1) is 0 Å². The minimum atomic E-state index is 0.783. The van der Waals surface area contributed by atoms with Crippen molar-refractivity contribution in [1.82, 2.24) is 5.32 Å². The first kappa shape index (κ1) is 12.6. The number of nitrogens with one attached hydrogen (secondary N) is 1. The van der Waals surface area contributed by atoms with E-state index in [1.165, 1.54) is 49.8 Å². The van der Waals surface area contributed by atoms with Crippen molar-refractivity contribution in [3.63, 3.8) is 0 Å². The van der Waals surface area contributed by atoms with Gasteiger partial charge in [0.2, 0.25) is 0 Å². The van der Waals surface area contributed by atoms with Gasteiger partial charge in [-0.1, -0.05) is 36.8 Å². The van der Waals surface area contributed by atoms with Gasteiger partial charge in [-0.2, -0.15) is 0 Å². The molecular formula is C16H25N. The zero-order valence-electron chi connectivity index (χ0n) is 11.2. The molecule has 1 nitrogen and oxygen atoms in total. The Bertz CT molecular complexity index is 328. The van der Waals surface area contributed by atoms with Crippen LogP contribution in [0.15, 0.2) is 24.3 Å². The molecule has 1 saturated carbocycles. The van der Waals surface area contributed by atoms with E-state index in [0.717, 1.165) is 12.0 Å². The Kier molecular flexibility index (Phi) is 4.61. The molecule has 1 aromatic rings. The molecule has 1 fully saturated rings. The largest absolute Gasteiger partial charge is 0.314 e. The second-order valence-corrected chi connectivity index (χ2v) is 5.52. The van der Waals surface area contributed by atoms with Gasteiger partial charge in [0.25, 0.3) is 0 Å². The highest BCUT2D eigenvalue weighted by Crippen LogP contribution is 2.28. The fourth-order valence-electron chi connectivity index (χ4n) is 2.85. The van der Waals surface area contributed by atoms with Gasteiger partial charge in [-0.3, -0.25) is 0 Å². The minimum Gasteiger partial charge on any atom is -0.314 e. The van der Waals surface area contributed by atoms with Gasteiger partial charge in [0.05, 0.1) is 0 Å². The minimum absolute atomic E-state index is 0.783. The van der Waals surface area contributed by atoms with Gasteiger partial charge in [-0.05, 0) is 57.1 Å². The molecule has 1 aliphatic carbocycles. The van der Waals surface area contributed by atoms with Crippen LogP contribution in [0, 0.1) is 12.8 Å². The van der Waals surface area contributed by atoms with E-state index in [4.69, 9.17) is 0 Å². The molecule has 1 heteroatoms. The van der Waals surface area contributed by atoms with Gasteiger partial charge in [0.15, 0.2) is 0 Å². The summed E-state index contributed by atoms with van der Waals surface area (Å²) in [5.41, 5.74) is 2.87. The molecule has 0 aliphatic heterocycles. The summed E-state index contributed by atoms with van der Waals surface area (Å²) >= 11 is 0. The Hall–Kier alpha value is -0.820. The molecule has 17 heavy (non-hydrogen) atoms. The molecule has 0 saturated heterocycles. The summed E-state index contributed by atoms with van der Waals surface area (Å²) in [6, 6.07) is 9.84. The molecule has 1 aliphatic rings. The van der Waals surface area contributed by atoms with E-state index in [-0.39, 0.29) is 0 Å². The third kappa shape index (κ3) is 3.85. The Labute approximate surface area is 106 Å². The van der Waals surface area contributed by atoms with Gasteiger partial charge < -0.3 is 5.32 Å². The van der Waals surface area contributed by atoms with Crippen LogP contribution in [0.4, 0.5) is 0 Å². The van der Waals surface area contributed by atoms with Crippen LogP contribution in [0.5, 0.6) is 0 Å². The van der Waals surface area contributed by atoms with E-state index < -0.39 is 0 Å². The van der Waals surface area contributed by atoms with Gasteiger partial charge in [-0.25, -0.2) is 0 Å². The van der Waals surface area contributed by atoms with E-state index >= 15 is 0 Å². The van der Waals surface area contributed by atoms with E-state index in [1.807, 2.05) is 0 Å². The first-order valence-corrected chi connectivity index (χ1v) is 7.07. The first-order chi connectivity index (χ1) is 8.28. The quantitative estimate of drug-likeness (QED) is 0.814. The predicted octanol–water partition coefficient (Wildman–Crippen LogP) is 3.71. The van der Waals surface area contributed by atoms with Crippen molar-refractivity contribution in [2.45, 2.75) is 52.0 Å². The molecule has 2 rings (SSSR count). The average Bonchev–Trinajstić information content (AvgIpc) is 2.77. The van der Waals surface area contributed by atoms with Crippen molar-refractivity contribution < 1.29 is 0 Å². The summed E-state index contributed by atoms with van der Waals surface area (Å²) in [5, 5.41) is 3.66. The molecule has 0 aromatic heterocycles. The molecule has 2 unspecified atom stereocenters. The van der Waals surface area contributed by atoms with Crippen LogP contribution in [0.3, 0.4) is 0 Å². The zero-order chi connectivity index (χ0) is 12.1. The molecule has 0 amide bonds. The highest BCUT2D eigenvalue weighted by Gasteiger charge is 2.23. The van der Waals surface area contributed by atoms with Crippen LogP contribution < -0.4 is 5.32 Å².